The first kappa shape index (κ1) is 12.2. The number of hydrogen-bond donors (Lipinski definition) is 0. The molecule has 0 N–H and O–H groups in total. The van der Waals surface area contributed by atoms with Gasteiger partial charge in [-0.05, 0) is 25.3 Å². The van der Waals surface area contributed by atoms with E-state index in [1.807, 2.05) is 20.0 Å². The Morgan fingerprint density at radius 3 is 2.15 bits per heavy atom. The smallest absolute Gasteiger partial charge is 0.0519 e. The van der Waals surface area contributed by atoms with Crippen LogP contribution in [-0.2, 0) is 0 Å². The molecule has 1 heterocycles. The molecule has 0 saturated carbocycles. The minimum atomic E-state index is 0.587. The van der Waals surface area contributed by atoms with E-state index in [-0.39, 0.29) is 0 Å². The zero-order valence-corrected chi connectivity index (χ0v) is 9.54. The van der Waals surface area contributed by atoms with E-state index in [0.29, 0.717) is 6.04 Å². The number of rotatable bonds is 3. The summed E-state index contributed by atoms with van der Waals surface area (Å²) >= 11 is 0. The van der Waals surface area contributed by atoms with Crippen molar-refractivity contribution in [3.8, 4) is 0 Å². The highest BCUT2D eigenvalue weighted by Crippen LogP contribution is 2.14. The molecule has 0 fully saturated rings. The van der Waals surface area contributed by atoms with Crippen LogP contribution < -0.4 is 0 Å². The lowest BCUT2D eigenvalue weighted by Crippen LogP contribution is -2.06. The molecule has 0 unspecified atom stereocenters. The fourth-order valence-electron chi connectivity index (χ4n) is 1.30. The Hall–Kier alpha value is -0.790. The van der Waals surface area contributed by atoms with Crippen molar-refractivity contribution in [2.75, 3.05) is 0 Å². The summed E-state index contributed by atoms with van der Waals surface area (Å²) < 4.78 is 2.06. The van der Waals surface area contributed by atoms with Gasteiger partial charge in [0.15, 0.2) is 0 Å². The molecule has 0 atom stereocenters. The lowest BCUT2D eigenvalue weighted by molar-refractivity contribution is 0.428. The second kappa shape index (κ2) is 6.70. The molecular formula is C11H22N2. The molecule has 1 aromatic heterocycles. The van der Waals surface area contributed by atoms with Crippen molar-refractivity contribution in [1.82, 2.24) is 9.78 Å². The molecule has 2 nitrogen and oxygen atoms in total. The van der Waals surface area contributed by atoms with E-state index in [9.17, 15) is 0 Å². The molecule has 0 aliphatic rings. The van der Waals surface area contributed by atoms with Gasteiger partial charge < -0.3 is 0 Å². The van der Waals surface area contributed by atoms with Gasteiger partial charge in [-0.2, -0.15) is 5.10 Å². The quantitative estimate of drug-likeness (QED) is 0.698. The summed E-state index contributed by atoms with van der Waals surface area (Å²) in [5.41, 5.74) is 1.25. The predicted molar refractivity (Wildman–Crippen MR) is 57.9 cm³/mol. The van der Waals surface area contributed by atoms with E-state index < -0.39 is 0 Å². The van der Waals surface area contributed by atoms with E-state index in [1.54, 1.807) is 0 Å². The Morgan fingerprint density at radius 1 is 1.31 bits per heavy atom. The van der Waals surface area contributed by atoms with Crippen LogP contribution >= 0.6 is 0 Å². The Labute approximate surface area is 82.0 Å². The molecule has 0 aliphatic heterocycles. The van der Waals surface area contributed by atoms with Crippen molar-refractivity contribution in [2.24, 2.45) is 0 Å². The van der Waals surface area contributed by atoms with E-state index in [2.05, 4.69) is 36.7 Å². The number of nitrogens with zero attached hydrogens (tertiary/aromatic N) is 2. The van der Waals surface area contributed by atoms with Gasteiger partial charge in [0.25, 0.3) is 0 Å². The number of aromatic nitrogens is 2. The molecule has 1 aromatic rings. The van der Waals surface area contributed by atoms with Crippen molar-refractivity contribution in [3.05, 3.63) is 18.0 Å². The summed E-state index contributed by atoms with van der Waals surface area (Å²) in [6.07, 6.45) is 6.35. The molecule has 0 spiro atoms. The van der Waals surface area contributed by atoms with Gasteiger partial charge in [0.05, 0.1) is 12.2 Å². The van der Waals surface area contributed by atoms with Crippen LogP contribution in [0.5, 0.6) is 0 Å². The number of hydrogen-bond acceptors (Lipinski definition) is 1. The van der Waals surface area contributed by atoms with Gasteiger partial charge in [0.2, 0.25) is 0 Å². The van der Waals surface area contributed by atoms with Crippen LogP contribution in [0, 0.1) is 6.92 Å². The maximum Gasteiger partial charge on any atom is 0.0519 e. The van der Waals surface area contributed by atoms with Gasteiger partial charge in [-0.15, -0.1) is 0 Å². The van der Waals surface area contributed by atoms with E-state index in [1.165, 1.54) is 5.56 Å². The zero-order chi connectivity index (χ0) is 10.3. The topological polar surface area (TPSA) is 17.8 Å². The van der Waals surface area contributed by atoms with Gasteiger partial charge in [-0.3, -0.25) is 4.68 Å². The third kappa shape index (κ3) is 3.62. The summed E-state index contributed by atoms with van der Waals surface area (Å²) in [4.78, 5) is 0. The molecule has 0 aromatic carbocycles. The summed E-state index contributed by atoms with van der Waals surface area (Å²) in [6, 6.07) is 0.587. The van der Waals surface area contributed by atoms with Gasteiger partial charge in [-0.1, -0.05) is 27.7 Å². The van der Waals surface area contributed by atoms with Gasteiger partial charge >= 0.3 is 0 Å². The minimum Gasteiger partial charge on any atom is -0.269 e. The Balaban J connectivity index is 0.000000671. The standard InChI is InChI=1S/C9H16N2.C2H6/c1-4-9(5-2)11-7-8(3)6-10-11;1-2/h6-7,9H,4-5H2,1-3H3;1-2H3. The van der Waals surface area contributed by atoms with Crippen LogP contribution in [0.15, 0.2) is 12.4 Å². The third-order valence-electron chi connectivity index (χ3n) is 2.05. The Bertz CT molecular complexity index is 212. The highest BCUT2D eigenvalue weighted by Gasteiger charge is 2.05. The monoisotopic (exact) mass is 182 g/mol. The van der Waals surface area contributed by atoms with Crippen LogP contribution in [-0.4, -0.2) is 9.78 Å². The van der Waals surface area contributed by atoms with E-state index >= 15 is 0 Å². The van der Waals surface area contributed by atoms with Crippen LogP contribution in [0.25, 0.3) is 0 Å². The molecular weight excluding hydrogens is 160 g/mol. The molecule has 2 heteroatoms. The normalized spacial score (nSPS) is 9.69. The average molecular weight is 182 g/mol. The average Bonchev–Trinajstić information content (AvgIpc) is 2.58. The van der Waals surface area contributed by atoms with Crippen molar-refractivity contribution >= 4 is 0 Å². The first-order valence-electron chi connectivity index (χ1n) is 5.28. The molecule has 0 radical (unpaired) electrons. The highest BCUT2D eigenvalue weighted by atomic mass is 15.3. The number of aryl methyl sites for hydroxylation is 1. The van der Waals surface area contributed by atoms with Gasteiger partial charge in [-0.25, -0.2) is 0 Å². The molecule has 0 saturated heterocycles. The highest BCUT2D eigenvalue weighted by molar-refractivity contribution is 5.00. The zero-order valence-electron chi connectivity index (χ0n) is 9.54. The maximum atomic E-state index is 4.27. The molecule has 0 amide bonds. The lowest BCUT2D eigenvalue weighted by atomic mass is 10.2. The first-order valence-corrected chi connectivity index (χ1v) is 5.28. The predicted octanol–water partition coefficient (Wildman–Crippen LogP) is 3.58. The van der Waals surface area contributed by atoms with Crippen molar-refractivity contribution in [2.45, 2.75) is 53.5 Å². The second-order valence-corrected chi connectivity index (χ2v) is 2.97. The molecule has 13 heavy (non-hydrogen) atoms. The van der Waals surface area contributed by atoms with Crippen molar-refractivity contribution in [3.63, 3.8) is 0 Å². The van der Waals surface area contributed by atoms with E-state index in [4.69, 9.17) is 0 Å². The Morgan fingerprint density at radius 2 is 1.85 bits per heavy atom. The summed E-state index contributed by atoms with van der Waals surface area (Å²) in [7, 11) is 0. The largest absolute Gasteiger partial charge is 0.269 e. The fourth-order valence-corrected chi connectivity index (χ4v) is 1.30. The van der Waals surface area contributed by atoms with Crippen LogP contribution in [0.2, 0.25) is 0 Å². The maximum absolute atomic E-state index is 4.27. The van der Waals surface area contributed by atoms with Crippen molar-refractivity contribution in [1.29, 1.82) is 0 Å². The van der Waals surface area contributed by atoms with E-state index in [0.717, 1.165) is 12.8 Å². The first-order chi connectivity index (χ1) is 6.27. The lowest BCUT2D eigenvalue weighted by Gasteiger charge is -2.11. The summed E-state index contributed by atoms with van der Waals surface area (Å²) in [5.74, 6) is 0. The van der Waals surface area contributed by atoms with Crippen molar-refractivity contribution < 1.29 is 0 Å². The summed E-state index contributed by atoms with van der Waals surface area (Å²) in [5, 5.41) is 4.27. The fraction of sp³-hybridized carbons (Fsp3) is 0.727. The SMILES string of the molecule is CC.CCC(CC)n1cc(C)cn1. The van der Waals surface area contributed by atoms with Crippen LogP contribution in [0.3, 0.4) is 0 Å². The molecule has 1 rings (SSSR count). The molecule has 76 valence electrons. The third-order valence-corrected chi connectivity index (χ3v) is 2.05. The van der Waals surface area contributed by atoms with Gasteiger partial charge in [0, 0.05) is 6.20 Å². The van der Waals surface area contributed by atoms with Gasteiger partial charge in [0.1, 0.15) is 0 Å². The summed E-state index contributed by atoms with van der Waals surface area (Å²) in [6.45, 7) is 10.5. The molecule has 0 aliphatic carbocycles. The Kier molecular flexibility index (Phi) is 6.29. The van der Waals surface area contributed by atoms with Crippen LogP contribution in [0.4, 0.5) is 0 Å². The second-order valence-electron chi connectivity index (χ2n) is 2.97. The minimum absolute atomic E-state index is 0.587. The van der Waals surface area contributed by atoms with Crippen LogP contribution in [0.1, 0.15) is 52.1 Å². The molecule has 0 bridgehead atoms.